The molecule has 0 amide bonds. The van der Waals surface area contributed by atoms with E-state index in [0.29, 0.717) is 10.8 Å². The summed E-state index contributed by atoms with van der Waals surface area (Å²) < 4.78 is 3.67. The molecule has 2 aliphatic rings. The zero-order chi connectivity index (χ0) is 16.3. The molecule has 0 atom stereocenters. The standard InChI is InChI=1S/2C10H15.ClH.U/c2*1-7-6-10(4,5)9(3)8(7)2;;/h2*1-5H3;1H;. The molecular formula is C20H31ClU. The maximum Gasteiger partial charge on any atom is -0.147 e. The van der Waals surface area contributed by atoms with Crippen LogP contribution in [0.5, 0.6) is 0 Å². The van der Waals surface area contributed by atoms with Crippen LogP contribution in [0.15, 0.2) is 38.7 Å². The third-order valence-corrected chi connectivity index (χ3v) is 16.8. The predicted octanol–water partition coefficient (Wildman–Crippen LogP) is 6.79. The quantitative estimate of drug-likeness (QED) is 0.359. The van der Waals surface area contributed by atoms with Crippen molar-refractivity contribution in [2.75, 3.05) is 0 Å². The van der Waals surface area contributed by atoms with Gasteiger partial charge in [-0.25, -0.2) is 0 Å². The molecule has 0 aliphatic heterocycles. The van der Waals surface area contributed by atoms with Gasteiger partial charge in [-0.1, -0.05) is 0 Å². The van der Waals surface area contributed by atoms with Gasteiger partial charge in [0.25, 0.3) is 0 Å². The maximum atomic E-state index is 2.44. The SMILES string of the molecule is CC1=C(C)C(C)(C)[C]([U][C]2=C(C)C(C)=C(C)C2(C)C)=C1C.Cl. The summed E-state index contributed by atoms with van der Waals surface area (Å²) in [4.78, 5) is 0. The van der Waals surface area contributed by atoms with E-state index in [9.17, 15) is 0 Å². The van der Waals surface area contributed by atoms with Gasteiger partial charge in [0.1, 0.15) is 0 Å². The Kier molecular flexibility index (Phi) is 5.84. The van der Waals surface area contributed by atoms with E-state index in [1.165, 1.54) is 0 Å². The Balaban J connectivity index is 0.00000242. The second kappa shape index (κ2) is 6.31. The van der Waals surface area contributed by atoms with E-state index in [1.54, 1.807) is 33.4 Å². The van der Waals surface area contributed by atoms with Crippen LogP contribution in [0.25, 0.3) is 0 Å². The molecule has 0 bridgehead atoms. The molecule has 0 spiro atoms. The van der Waals surface area contributed by atoms with E-state index in [-0.39, 0.29) is 12.4 Å². The molecule has 22 heavy (non-hydrogen) atoms. The minimum atomic E-state index is -1.16. The normalized spacial score (nSPS) is 23.4. The van der Waals surface area contributed by atoms with E-state index in [1.807, 2.05) is 5.21 Å². The molecule has 122 valence electrons. The van der Waals surface area contributed by atoms with Gasteiger partial charge < -0.3 is 0 Å². The van der Waals surface area contributed by atoms with Gasteiger partial charge in [-0.3, -0.25) is 0 Å². The van der Waals surface area contributed by atoms with E-state index >= 15 is 0 Å². The summed E-state index contributed by atoms with van der Waals surface area (Å²) in [7, 11) is 0. The number of hydrogen-bond donors (Lipinski definition) is 0. The summed E-state index contributed by atoms with van der Waals surface area (Å²) in [6.45, 7) is 23.8. The fourth-order valence-electron chi connectivity index (χ4n) is 3.81. The van der Waals surface area contributed by atoms with Crippen LogP contribution in [0, 0.1) is 38.6 Å². The molecule has 2 aliphatic carbocycles. The Hall–Kier alpha value is 0.302. The molecule has 0 nitrogen and oxygen atoms in total. The van der Waals surface area contributed by atoms with Crippen molar-refractivity contribution in [1.29, 1.82) is 0 Å². The van der Waals surface area contributed by atoms with Crippen molar-refractivity contribution >= 4 is 12.4 Å². The molecule has 2 rings (SSSR count). The van der Waals surface area contributed by atoms with Gasteiger partial charge in [-0.05, 0) is 0 Å². The summed E-state index contributed by atoms with van der Waals surface area (Å²) >= 11 is -1.16. The van der Waals surface area contributed by atoms with Crippen LogP contribution >= 0.6 is 12.4 Å². The Morgan fingerprint density at radius 1 is 0.545 bits per heavy atom. The molecule has 0 radical (unpaired) electrons. The monoisotopic (exact) mass is 544 g/mol. The largest absolute Gasteiger partial charge is 0.147 e. The van der Waals surface area contributed by atoms with Crippen molar-refractivity contribution in [3.63, 3.8) is 0 Å². The van der Waals surface area contributed by atoms with Crippen LogP contribution in [0.2, 0.25) is 0 Å². The number of hydrogen-bond acceptors (Lipinski definition) is 0. The van der Waals surface area contributed by atoms with Crippen LogP contribution in [-0.2, 0) is 0 Å². The first kappa shape index (κ1) is 20.3. The van der Waals surface area contributed by atoms with Crippen molar-refractivity contribution in [2.45, 2.75) is 69.2 Å². The second-order valence-electron chi connectivity index (χ2n) is 7.88. The zero-order valence-corrected chi connectivity index (χ0v) is 20.9. The Morgan fingerprint density at radius 3 is 1.00 bits per heavy atom. The fourth-order valence-corrected chi connectivity index (χ4v) is 12.1. The van der Waals surface area contributed by atoms with Crippen LogP contribution in [0.1, 0.15) is 69.2 Å². The molecule has 0 heterocycles. The molecule has 2 heteroatoms. The summed E-state index contributed by atoms with van der Waals surface area (Å²) in [6, 6.07) is 0. The van der Waals surface area contributed by atoms with Crippen LogP contribution in [-0.4, -0.2) is 0 Å². The van der Waals surface area contributed by atoms with Gasteiger partial charge in [-0.15, -0.1) is 12.4 Å². The van der Waals surface area contributed by atoms with Crippen molar-refractivity contribution in [3.05, 3.63) is 38.7 Å². The van der Waals surface area contributed by atoms with Crippen molar-refractivity contribution < 1.29 is 27.7 Å². The third kappa shape index (κ3) is 2.77. The molecule has 0 aromatic rings. The van der Waals surface area contributed by atoms with Gasteiger partial charge in [0.05, 0.1) is 0 Å². The van der Waals surface area contributed by atoms with E-state index in [0.717, 1.165) is 0 Å². The molecule has 0 N–H and O–H groups in total. The average Bonchev–Trinajstić information content (AvgIpc) is 2.63. The van der Waals surface area contributed by atoms with E-state index in [2.05, 4.69) is 69.2 Å². The molecule has 0 saturated heterocycles. The van der Waals surface area contributed by atoms with E-state index in [4.69, 9.17) is 0 Å². The first-order chi connectivity index (χ1) is 9.44. The van der Waals surface area contributed by atoms with Crippen molar-refractivity contribution in [2.24, 2.45) is 10.8 Å². The molecule has 0 aromatic heterocycles. The molecule has 0 fully saturated rings. The number of allylic oxidation sites excluding steroid dienone is 8. The zero-order valence-electron chi connectivity index (χ0n) is 15.9. The fraction of sp³-hybridized carbons (Fsp3) is 0.600. The first-order valence-electron chi connectivity index (χ1n) is 8.00. The predicted molar refractivity (Wildman–Crippen MR) is 97.0 cm³/mol. The van der Waals surface area contributed by atoms with Crippen molar-refractivity contribution in [3.8, 4) is 0 Å². The summed E-state index contributed by atoms with van der Waals surface area (Å²) in [6.07, 6.45) is 0. The maximum absolute atomic E-state index is 2.44. The minimum absolute atomic E-state index is 0. The average molecular weight is 545 g/mol. The first-order valence-corrected chi connectivity index (χ1v) is 12.2. The van der Waals surface area contributed by atoms with E-state index < -0.39 is 27.7 Å². The minimum Gasteiger partial charge on any atom is -0.147 e. The van der Waals surface area contributed by atoms with Gasteiger partial charge >= 0.3 is 146 Å². The molecular weight excluding hydrogens is 514 g/mol. The Labute approximate surface area is 158 Å². The van der Waals surface area contributed by atoms with Gasteiger partial charge in [-0.2, -0.15) is 0 Å². The van der Waals surface area contributed by atoms with Crippen LogP contribution in [0.3, 0.4) is 0 Å². The topological polar surface area (TPSA) is 0 Å². The van der Waals surface area contributed by atoms with Crippen LogP contribution < -0.4 is 0 Å². The summed E-state index contributed by atoms with van der Waals surface area (Å²) in [5.41, 5.74) is 10.2. The van der Waals surface area contributed by atoms with Gasteiger partial charge in [0.15, 0.2) is 0 Å². The Morgan fingerprint density at radius 2 is 0.818 bits per heavy atom. The summed E-state index contributed by atoms with van der Waals surface area (Å²) in [5, 5.41) is 0. The Bertz CT molecular complexity index is 581. The van der Waals surface area contributed by atoms with Gasteiger partial charge in [0.2, 0.25) is 0 Å². The third-order valence-electron chi connectivity index (χ3n) is 6.38. The van der Waals surface area contributed by atoms with Crippen LogP contribution in [0.4, 0.5) is 0 Å². The smallest absolute Gasteiger partial charge is 0.147 e. The molecule has 0 unspecified atom stereocenters. The molecule has 0 saturated carbocycles. The van der Waals surface area contributed by atoms with Crippen molar-refractivity contribution in [1.82, 2.24) is 0 Å². The summed E-state index contributed by atoms with van der Waals surface area (Å²) in [5.74, 6) is 0. The second-order valence-corrected chi connectivity index (χ2v) is 13.1. The molecule has 0 aromatic carbocycles. The van der Waals surface area contributed by atoms with Gasteiger partial charge in [0, 0.05) is 0 Å². The number of halogens is 1. The number of rotatable bonds is 2.